The fraction of sp³-hybridized carbons (Fsp3) is 0.421. The molecule has 11 heteroatoms. The lowest BCUT2D eigenvalue weighted by atomic mass is 10.1. The highest BCUT2D eigenvalue weighted by Gasteiger charge is 2.28. The Labute approximate surface area is 187 Å². The fourth-order valence-corrected chi connectivity index (χ4v) is 3.27. The van der Waals surface area contributed by atoms with Crippen molar-refractivity contribution >= 4 is 42.3 Å². The minimum absolute atomic E-state index is 0. The van der Waals surface area contributed by atoms with Gasteiger partial charge in [-0.05, 0) is 31.3 Å². The summed E-state index contributed by atoms with van der Waals surface area (Å²) in [5.74, 6) is -0.495. The lowest BCUT2D eigenvalue weighted by Gasteiger charge is -2.35. The van der Waals surface area contributed by atoms with Crippen molar-refractivity contribution in [3.63, 3.8) is 0 Å². The van der Waals surface area contributed by atoms with Crippen molar-refractivity contribution in [3.05, 3.63) is 48.0 Å². The first-order valence-corrected chi connectivity index (χ1v) is 9.18. The molecule has 0 aliphatic carbocycles. The molecule has 0 radical (unpaired) electrons. The SMILES string of the molecule is CNC(C(=O)N1CCN(CC(=O)Nc2ccc(F)cc2)CC1)c1cnn(C)c1.Cl.Cl. The van der Waals surface area contributed by atoms with Gasteiger partial charge in [-0.3, -0.25) is 19.2 Å². The van der Waals surface area contributed by atoms with E-state index in [2.05, 4.69) is 15.7 Å². The molecule has 2 aromatic rings. The summed E-state index contributed by atoms with van der Waals surface area (Å²) in [6.45, 7) is 2.58. The number of carbonyl (C=O) groups is 2. The number of piperazine rings is 1. The van der Waals surface area contributed by atoms with Crippen LogP contribution in [-0.2, 0) is 16.6 Å². The third-order valence-electron chi connectivity index (χ3n) is 4.77. The molecule has 2 N–H and O–H groups in total. The van der Waals surface area contributed by atoms with Crippen LogP contribution >= 0.6 is 24.8 Å². The average Bonchev–Trinajstić information content (AvgIpc) is 3.10. The zero-order chi connectivity index (χ0) is 20.1. The number of benzene rings is 1. The Bertz CT molecular complexity index is 825. The summed E-state index contributed by atoms with van der Waals surface area (Å²) in [6, 6.07) is 5.24. The number of hydrogen-bond donors (Lipinski definition) is 2. The third-order valence-corrected chi connectivity index (χ3v) is 4.77. The normalized spacial score (nSPS) is 15.0. The first-order chi connectivity index (χ1) is 13.5. The number of aromatic nitrogens is 2. The second-order valence-electron chi connectivity index (χ2n) is 6.83. The molecule has 2 amide bonds. The fourth-order valence-electron chi connectivity index (χ4n) is 3.27. The van der Waals surface area contributed by atoms with Gasteiger partial charge in [0, 0.05) is 50.7 Å². The summed E-state index contributed by atoms with van der Waals surface area (Å²) in [4.78, 5) is 28.8. The van der Waals surface area contributed by atoms with Gasteiger partial charge in [0.15, 0.2) is 0 Å². The molecule has 0 bridgehead atoms. The van der Waals surface area contributed by atoms with Gasteiger partial charge in [-0.25, -0.2) is 4.39 Å². The molecule has 1 aromatic heterocycles. The van der Waals surface area contributed by atoms with E-state index >= 15 is 0 Å². The van der Waals surface area contributed by atoms with E-state index < -0.39 is 6.04 Å². The summed E-state index contributed by atoms with van der Waals surface area (Å²) >= 11 is 0. The summed E-state index contributed by atoms with van der Waals surface area (Å²) in [5, 5.41) is 9.94. The van der Waals surface area contributed by atoms with E-state index in [1.165, 1.54) is 24.3 Å². The van der Waals surface area contributed by atoms with Crippen LogP contribution < -0.4 is 10.6 Å². The van der Waals surface area contributed by atoms with Crippen molar-refractivity contribution in [1.82, 2.24) is 24.9 Å². The molecule has 0 saturated carbocycles. The van der Waals surface area contributed by atoms with Crippen LogP contribution in [0, 0.1) is 5.82 Å². The highest BCUT2D eigenvalue weighted by Crippen LogP contribution is 2.16. The standard InChI is InChI=1S/C19H25FN6O2.2ClH/c1-21-18(14-11-22-24(2)12-14)19(28)26-9-7-25(8-10-26)13-17(27)23-16-5-3-15(20)4-6-16;;/h3-6,11-12,18,21H,7-10,13H2,1-2H3,(H,23,27);2*1H. The van der Waals surface area contributed by atoms with Crippen molar-refractivity contribution in [3.8, 4) is 0 Å². The van der Waals surface area contributed by atoms with Crippen LogP contribution in [0.15, 0.2) is 36.7 Å². The Morgan fingerprint density at radius 2 is 1.77 bits per heavy atom. The molecule has 1 fully saturated rings. The quantitative estimate of drug-likeness (QED) is 0.681. The highest BCUT2D eigenvalue weighted by atomic mass is 35.5. The van der Waals surface area contributed by atoms with Gasteiger partial charge in [0.1, 0.15) is 11.9 Å². The van der Waals surface area contributed by atoms with E-state index in [4.69, 9.17) is 0 Å². The summed E-state index contributed by atoms with van der Waals surface area (Å²) in [7, 11) is 3.57. The molecule has 3 rings (SSSR count). The topological polar surface area (TPSA) is 82.5 Å². The van der Waals surface area contributed by atoms with Crippen molar-refractivity contribution in [2.75, 3.05) is 45.1 Å². The van der Waals surface area contributed by atoms with Gasteiger partial charge >= 0.3 is 0 Å². The molecule has 30 heavy (non-hydrogen) atoms. The van der Waals surface area contributed by atoms with Crippen LogP contribution in [0.25, 0.3) is 0 Å². The highest BCUT2D eigenvalue weighted by molar-refractivity contribution is 5.92. The predicted molar refractivity (Wildman–Crippen MR) is 118 cm³/mol. The number of amides is 2. The predicted octanol–water partition coefficient (Wildman–Crippen LogP) is 1.45. The Morgan fingerprint density at radius 3 is 2.30 bits per heavy atom. The molecule has 0 spiro atoms. The number of likely N-dealkylation sites (N-methyl/N-ethyl adjacent to an activating group) is 1. The second-order valence-corrected chi connectivity index (χ2v) is 6.83. The van der Waals surface area contributed by atoms with Gasteiger partial charge in [-0.1, -0.05) is 0 Å². The Kier molecular flexibility index (Phi) is 10.2. The van der Waals surface area contributed by atoms with Crippen LogP contribution in [-0.4, -0.2) is 71.2 Å². The van der Waals surface area contributed by atoms with Crippen LogP contribution in [0.5, 0.6) is 0 Å². The van der Waals surface area contributed by atoms with Crippen LogP contribution in [0.1, 0.15) is 11.6 Å². The maximum atomic E-state index is 12.9. The lowest BCUT2D eigenvalue weighted by molar-refractivity contribution is -0.135. The monoisotopic (exact) mass is 460 g/mol. The molecule has 8 nitrogen and oxygen atoms in total. The van der Waals surface area contributed by atoms with Gasteiger partial charge in [-0.2, -0.15) is 5.10 Å². The van der Waals surface area contributed by atoms with E-state index in [1.807, 2.05) is 23.0 Å². The third kappa shape index (κ3) is 6.66. The number of anilines is 1. The van der Waals surface area contributed by atoms with Crippen LogP contribution in [0.3, 0.4) is 0 Å². The first kappa shape index (κ1) is 25.8. The Morgan fingerprint density at radius 1 is 1.13 bits per heavy atom. The molecular formula is C19H27Cl2FN6O2. The van der Waals surface area contributed by atoms with E-state index in [9.17, 15) is 14.0 Å². The molecule has 1 atom stereocenters. The molecule has 1 saturated heterocycles. The van der Waals surface area contributed by atoms with Crippen molar-refractivity contribution in [2.24, 2.45) is 7.05 Å². The molecule has 166 valence electrons. The number of hydrogen-bond acceptors (Lipinski definition) is 5. The Hall–Kier alpha value is -2.20. The van der Waals surface area contributed by atoms with Gasteiger partial charge in [0.25, 0.3) is 0 Å². The molecule has 1 aromatic carbocycles. The van der Waals surface area contributed by atoms with Gasteiger partial charge in [-0.15, -0.1) is 24.8 Å². The summed E-state index contributed by atoms with van der Waals surface area (Å²) < 4.78 is 14.6. The molecule has 2 heterocycles. The summed E-state index contributed by atoms with van der Waals surface area (Å²) in [5.41, 5.74) is 1.39. The molecular weight excluding hydrogens is 434 g/mol. The number of aryl methyl sites for hydroxylation is 1. The number of carbonyl (C=O) groups excluding carboxylic acids is 2. The maximum absolute atomic E-state index is 12.9. The lowest BCUT2D eigenvalue weighted by Crippen LogP contribution is -2.52. The van der Waals surface area contributed by atoms with E-state index in [1.54, 1.807) is 17.9 Å². The second kappa shape index (κ2) is 11.8. The number of nitrogens with one attached hydrogen (secondary N) is 2. The van der Waals surface area contributed by atoms with Crippen LogP contribution in [0.2, 0.25) is 0 Å². The van der Waals surface area contributed by atoms with Crippen molar-refractivity contribution in [2.45, 2.75) is 6.04 Å². The van der Waals surface area contributed by atoms with Gasteiger partial charge < -0.3 is 15.5 Å². The van der Waals surface area contributed by atoms with E-state index in [0.29, 0.717) is 31.9 Å². The maximum Gasteiger partial charge on any atom is 0.244 e. The molecule has 1 unspecified atom stereocenters. The minimum Gasteiger partial charge on any atom is -0.338 e. The van der Waals surface area contributed by atoms with Crippen LogP contribution in [0.4, 0.5) is 10.1 Å². The average molecular weight is 461 g/mol. The largest absolute Gasteiger partial charge is 0.338 e. The zero-order valence-corrected chi connectivity index (χ0v) is 18.5. The van der Waals surface area contributed by atoms with E-state index in [-0.39, 0.29) is 49.0 Å². The van der Waals surface area contributed by atoms with Crippen molar-refractivity contribution in [1.29, 1.82) is 0 Å². The number of halogens is 3. The first-order valence-electron chi connectivity index (χ1n) is 9.18. The van der Waals surface area contributed by atoms with Gasteiger partial charge in [0.2, 0.25) is 11.8 Å². The molecule has 1 aliphatic rings. The van der Waals surface area contributed by atoms with E-state index in [0.717, 1.165) is 5.56 Å². The number of nitrogens with zero attached hydrogens (tertiary/aromatic N) is 4. The zero-order valence-electron chi connectivity index (χ0n) is 16.9. The minimum atomic E-state index is -0.429. The smallest absolute Gasteiger partial charge is 0.244 e. The number of rotatable bonds is 6. The molecule has 1 aliphatic heterocycles. The summed E-state index contributed by atoms with van der Waals surface area (Å²) in [6.07, 6.45) is 3.52. The Balaban J connectivity index is 0.00000225. The van der Waals surface area contributed by atoms with Crippen molar-refractivity contribution < 1.29 is 14.0 Å². The van der Waals surface area contributed by atoms with Gasteiger partial charge in [0.05, 0.1) is 12.7 Å².